The smallest absolute Gasteiger partial charge is 0.0704 e. The molecule has 0 saturated heterocycles. The molecule has 2 aromatic rings. The minimum atomic E-state index is 0.723. The minimum Gasteiger partial charge on any atom is -0.316 e. The molecule has 0 spiro atoms. The van der Waals surface area contributed by atoms with Gasteiger partial charge in [0.1, 0.15) is 0 Å². The molecule has 2 heteroatoms. The molecule has 1 aromatic carbocycles. The molecule has 2 nitrogen and oxygen atoms in total. The van der Waals surface area contributed by atoms with Crippen LogP contribution in [0.2, 0.25) is 0 Å². The lowest BCUT2D eigenvalue weighted by Crippen LogP contribution is -2.35. The predicted molar refractivity (Wildman–Crippen MR) is 84.9 cm³/mol. The maximum absolute atomic E-state index is 4.48. The van der Waals surface area contributed by atoms with Gasteiger partial charge in [0.2, 0.25) is 0 Å². The fourth-order valence-electron chi connectivity index (χ4n) is 3.12. The van der Waals surface area contributed by atoms with Crippen molar-refractivity contribution in [1.29, 1.82) is 0 Å². The Labute approximate surface area is 121 Å². The van der Waals surface area contributed by atoms with Crippen LogP contribution in [-0.2, 0) is 0 Å². The zero-order chi connectivity index (χ0) is 13.9. The van der Waals surface area contributed by atoms with E-state index in [1.165, 1.54) is 23.8 Å². The first-order valence-corrected chi connectivity index (χ1v) is 7.79. The molecule has 1 aromatic heterocycles. The molecule has 1 fully saturated rings. The van der Waals surface area contributed by atoms with E-state index in [-0.39, 0.29) is 0 Å². The summed E-state index contributed by atoms with van der Waals surface area (Å²) in [6, 6.07) is 10.9. The molecule has 106 valence electrons. The van der Waals surface area contributed by atoms with Crippen molar-refractivity contribution in [2.75, 3.05) is 13.1 Å². The van der Waals surface area contributed by atoms with Gasteiger partial charge in [0.25, 0.3) is 0 Å². The van der Waals surface area contributed by atoms with Crippen LogP contribution < -0.4 is 5.32 Å². The summed E-state index contributed by atoms with van der Waals surface area (Å²) < 4.78 is 0. The highest BCUT2D eigenvalue weighted by atomic mass is 14.9. The van der Waals surface area contributed by atoms with E-state index in [0.29, 0.717) is 0 Å². The summed E-state index contributed by atoms with van der Waals surface area (Å²) in [5, 5.41) is 4.85. The minimum absolute atomic E-state index is 0.723. The molecule has 2 atom stereocenters. The van der Waals surface area contributed by atoms with Gasteiger partial charge in [-0.2, -0.15) is 0 Å². The van der Waals surface area contributed by atoms with Crippen LogP contribution in [0.4, 0.5) is 0 Å². The maximum atomic E-state index is 4.48. The van der Waals surface area contributed by atoms with Crippen LogP contribution in [-0.4, -0.2) is 18.1 Å². The van der Waals surface area contributed by atoms with Crippen LogP contribution >= 0.6 is 0 Å². The van der Waals surface area contributed by atoms with E-state index in [4.69, 9.17) is 0 Å². The Morgan fingerprint density at radius 1 is 1.25 bits per heavy atom. The van der Waals surface area contributed by atoms with E-state index in [0.717, 1.165) is 36.4 Å². The number of fused-ring (bicyclic) bond motifs is 1. The molecule has 20 heavy (non-hydrogen) atoms. The molecule has 1 saturated carbocycles. The fourth-order valence-corrected chi connectivity index (χ4v) is 3.12. The van der Waals surface area contributed by atoms with E-state index in [1.54, 1.807) is 0 Å². The van der Waals surface area contributed by atoms with Gasteiger partial charge in [-0.1, -0.05) is 32.0 Å². The number of hydrogen-bond donors (Lipinski definition) is 1. The second-order valence-electron chi connectivity index (χ2n) is 6.45. The average molecular weight is 268 g/mol. The summed E-state index contributed by atoms with van der Waals surface area (Å²) in [6.07, 6.45) is 4.57. The lowest BCUT2D eigenvalue weighted by Gasteiger charge is -2.37. The molecular formula is C18H24N2. The molecule has 0 aliphatic heterocycles. The molecule has 3 rings (SSSR count). The highest BCUT2D eigenvalue weighted by Gasteiger charge is 2.31. The van der Waals surface area contributed by atoms with Gasteiger partial charge in [-0.25, -0.2) is 0 Å². The van der Waals surface area contributed by atoms with Crippen molar-refractivity contribution in [3.63, 3.8) is 0 Å². The van der Waals surface area contributed by atoms with Crippen molar-refractivity contribution in [1.82, 2.24) is 10.3 Å². The van der Waals surface area contributed by atoms with Gasteiger partial charge in [-0.05, 0) is 61.4 Å². The Kier molecular flexibility index (Phi) is 4.02. The summed E-state index contributed by atoms with van der Waals surface area (Å²) >= 11 is 0. The lowest BCUT2D eigenvalue weighted by atomic mass is 9.70. The van der Waals surface area contributed by atoms with Crippen LogP contribution in [0.3, 0.4) is 0 Å². The SMILES string of the molecule is CC(C)CNCC1CCC1c1ccc2cccnc2c1. The van der Waals surface area contributed by atoms with Crippen LogP contribution in [0.25, 0.3) is 10.9 Å². The molecule has 0 radical (unpaired) electrons. The van der Waals surface area contributed by atoms with Crippen molar-refractivity contribution < 1.29 is 0 Å². The van der Waals surface area contributed by atoms with Crippen LogP contribution in [0, 0.1) is 11.8 Å². The topological polar surface area (TPSA) is 24.9 Å². The molecule has 1 aliphatic rings. The van der Waals surface area contributed by atoms with Gasteiger partial charge < -0.3 is 5.32 Å². The largest absolute Gasteiger partial charge is 0.316 e. The third kappa shape index (κ3) is 2.85. The summed E-state index contributed by atoms with van der Waals surface area (Å²) in [4.78, 5) is 4.48. The number of benzene rings is 1. The number of pyridine rings is 1. The second kappa shape index (κ2) is 5.92. The maximum Gasteiger partial charge on any atom is 0.0704 e. The summed E-state index contributed by atoms with van der Waals surface area (Å²) in [5.74, 6) is 2.26. The molecule has 0 amide bonds. The Balaban J connectivity index is 1.68. The van der Waals surface area contributed by atoms with E-state index >= 15 is 0 Å². The zero-order valence-electron chi connectivity index (χ0n) is 12.5. The molecule has 2 unspecified atom stereocenters. The first-order valence-electron chi connectivity index (χ1n) is 7.79. The van der Waals surface area contributed by atoms with Crippen LogP contribution in [0.1, 0.15) is 38.2 Å². The molecular weight excluding hydrogens is 244 g/mol. The van der Waals surface area contributed by atoms with E-state index in [2.05, 4.69) is 48.4 Å². The summed E-state index contributed by atoms with van der Waals surface area (Å²) in [5.41, 5.74) is 2.60. The normalized spacial score (nSPS) is 22.1. The quantitative estimate of drug-likeness (QED) is 0.887. The highest BCUT2D eigenvalue weighted by Crippen LogP contribution is 2.42. The Morgan fingerprint density at radius 2 is 2.15 bits per heavy atom. The predicted octanol–water partition coefficient (Wildman–Crippen LogP) is 3.97. The van der Waals surface area contributed by atoms with Gasteiger partial charge in [0, 0.05) is 11.6 Å². The van der Waals surface area contributed by atoms with E-state index in [9.17, 15) is 0 Å². The van der Waals surface area contributed by atoms with Gasteiger partial charge >= 0.3 is 0 Å². The first kappa shape index (κ1) is 13.6. The molecule has 1 N–H and O–H groups in total. The summed E-state index contributed by atoms with van der Waals surface area (Å²) in [7, 11) is 0. The number of aromatic nitrogens is 1. The van der Waals surface area contributed by atoms with Gasteiger partial charge in [0.05, 0.1) is 5.52 Å². The number of hydrogen-bond acceptors (Lipinski definition) is 2. The van der Waals surface area contributed by atoms with Crippen molar-refractivity contribution in [3.05, 3.63) is 42.1 Å². The van der Waals surface area contributed by atoms with Crippen molar-refractivity contribution in [2.24, 2.45) is 11.8 Å². The zero-order valence-corrected chi connectivity index (χ0v) is 12.5. The third-order valence-corrected chi connectivity index (χ3v) is 4.43. The second-order valence-corrected chi connectivity index (χ2v) is 6.45. The molecule has 0 bridgehead atoms. The Hall–Kier alpha value is -1.41. The Bertz CT molecular complexity index is 576. The molecule has 1 heterocycles. The Morgan fingerprint density at radius 3 is 2.90 bits per heavy atom. The first-order chi connectivity index (χ1) is 9.74. The van der Waals surface area contributed by atoms with Crippen molar-refractivity contribution >= 4 is 10.9 Å². The fraction of sp³-hybridized carbons (Fsp3) is 0.500. The van der Waals surface area contributed by atoms with E-state index in [1.807, 2.05) is 12.3 Å². The average Bonchev–Trinajstić information content (AvgIpc) is 2.42. The van der Waals surface area contributed by atoms with Gasteiger partial charge in [-0.3, -0.25) is 4.98 Å². The van der Waals surface area contributed by atoms with Crippen molar-refractivity contribution in [2.45, 2.75) is 32.6 Å². The standard InChI is InChI=1S/C18H24N2/c1-13(2)11-19-12-16-7-8-17(16)15-6-5-14-4-3-9-20-18(14)10-15/h3-6,9-10,13,16-17,19H,7-8,11-12H2,1-2H3. The van der Waals surface area contributed by atoms with Crippen molar-refractivity contribution in [3.8, 4) is 0 Å². The third-order valence-electron chi connectivity index (χ3n) is 4.43. The molecule has 1 aliphatic carbocycles. The number of nitrogens with one attached hydrogen (secondary N) is 1. The van der Waals surface area contributed by atoms with E-state index < -0.39 is 0 Å². The summed E-state index contributed by atoms with van der Waals surface area (Å²) in [6.45, 7) is 6.81. The lowest BCUT2D eigenvalue weighted by molar-refractivity contribution is 0.243. The monoisotopic (exact) mass is 268 g/mol. The number of nitrogens with zero attached hydrogens (tertiary/aromatic N) is 1. The number of rotatable bonds is 5. The highest BCUT2D eigenvalue weighted by molar-refractivity contribution is 5.79. The van der Waals surface area contributed by atoms with Crippen LogP contribution in [0.15, 0.2) is 36.5 Å². The van der Waals surface area contributed by atoms with Crippen LogP contribution in [0.5, 0.6) is 0 Å². The van der Waals surface area contributed by atoms with Gasteiger partial charge in [-0.15, -0.1) is 0 Å². The van der Waals surface area contributed by atoms with Gasteiger partial charge in [0.15, 0.2) is 0 Å².